The summed E-state index contributed by atoms with van der Waals surface area (Å²) in [4.78, 5) is 65.5. The molecule has 4 heterocycles. The molecule has 500 valence electrons. The predicted molar refractivity (Wildman–Crippen MR) is 393 cm³/mol. The minimum Gasteiger partial charge on any atom is -0.441 e. The summed E-state index contributed by atoms with van der Waals surface area (Å²) in [7, 11) is 0. The van der Waals surface area contributed by atoms with Crippen molar-refractivity contribution in [2.24, 2.45) is 0 Å². The molecule has 4 aromatic heterocycles. The molecule has 94 heavy (non-hydrogen) atoms. The fourth-order valence-electron chi connectivity index (χ4n) is 9.30. The van der Waals surface area contributed by atoms with Crippen LogP contribution in [0.2, 0.25) is 0 Å². The lowest BCUT2D eigenvalue weighted by Crippen LogP contribution is -2.02. The van der Waals surface area contributed by atoms with E-state index in [9.17, 15) is 19.2 Å². The number of oxazole rings is 4. The third-order valence-corrected chi connectivity index (χ3v) is 19.3. The van der Waals surface area contributed by atoms with Crippen molar-refractivity contribution in [2.45, 2.75) is 183 Å². The maximum Gasteiger partial charge on any atom is 0.226 e. The Bertz CT molecular complexity index is 3590. The summed E-state index contributed by atoms with van der Waals surface area (Å²) in [6.45, 7) is 22.4. The Balaban J connectivity index is 0.000000199. The number of hydrogen-bond acceptors (Lipinski definition) is 16. The van der Waals surface area contributed by atoms with Crippen LogP contribution in [0.25, 0.3) is 45.8 Å². The maximum absolute atomic E-state index is 12.1. The molecule has 0 aliphatic heterocycles. The minimum atomic E-state index is 0.302. The first-order chi connectivity index (χ1) is 45.4. The monoisotopic (exact) mass is 1340 g/mol. The first-order valence-electron chi connectivity index (χ1n) is 33.0. The van der Waals surface area contributed by atoms with Gasteiger partial charge in [-0.2, -0.15) is 0 Å². The average molecular weight is 1350 g/mol. The number of aryl methyl sites for hydroxylation is 9. The van der Waals surface area contributed by atoms with Crippen LogP contribution in [0.15, 0.2) is 145 Å². The molecule has 0 unspecified atom stereocenters. The van der Waals surface area contributed by atoms with E-state index in [1.807, 2.05) is 82.3 Å². The van der Waals surface area contributed by atoms with Crippen LogP contribution in [0.4, 0.5) is 0 Å². The lowest BCUT2D eigenvalue weighted by atomic mass is 10.1. The standard InChI is InChI=1S/C23H25NO2S.C19H25NO2S.2C18H23NO2S/c1-17-11-13-20(14-12-17)23-24-22(18(2)26-23)16-27-15-21(25)10-6-9-19-7-4-3-5-8-19;1-4-6-7-17(21)12-23-13-18-14(3)22-19(20-18)16-10-8-15(5-2)9-11-16;2*1-4-5-6-16(20)11-22-12-17-14(3)21-18(19-17)15-9-7-13(2)8-10-15/h3-5,7-8,11-14H,6,9-10,15-16H2,1-2H3;8-11H,4-7,12-13H2,1-3H3;2*7-10H,4-6,11-12H2,1-3H3. The van der Waals surface area contributed by atoms with Gasteiger partial charge in [0.2, 0.25) is 23.6 Å². The molecule has 0 radical (unpaired) electrons. The second-order valence-electron chi connectivity index (χ2n) is 23.5. The van der Waals surface area contributed by atoms with E-state index in [1.54, 1.807) is 47.0 Å². The zero-order chi connectivity index (χ0) is 67.6. The van der Waals surface area contributed by atoms with E-state index in [0.29, 0.717) is 101 Å². The fraction of sp³-hybridized carbons (Fsp3) is 0.410. The summed E-state index contributed by atoms with van der Waals surface area (Å²) in [6.07, 6.45) is 11.8. The summed E-state index contributed by atoms with van der Waals surface area (Å²) >= 11 is 6.47. The van der Waals surface area contributed by atoms with Crippen LogP contribution < -0.4 is 0 Å². The molecule has 12 nitrogen and oxygen atoms in total. The molecule has 0 amide bonds. The number of rotatable bonds is 34. The van der Waals surface area contributed by atoms with Gasteiger partial charge in [0.1, 0.15) is 46.2 Å². The van der Waals surface area contributed by atoms with Crippen molar-refractivity contribution < 1.29 is 36.8 Å². The zero-order valence-corrected chi connectivity index (χ0v) is 60.4. The van der Waals surface area contributed by atoms with Gasteiger partial charge in [-0.15, -0.1) is 47.0 Å². The number of unbranched alkanes of at least 4 members (excludes halogenated alkanes) is 3. The number of nitrogens with zero attached hydrogens (tertiary/aromatic N) is 4. The second kappa shape index (κ2) is 41.8. The van der Waals surface area contributed by atoms with Crippen molar-refractivity contribution >= 4 is 70.2 Å². The molecule has 0 fully saturated rings. The SMILES string of the molecule is CCCCC(=O)CSCc1nc(-c2ccc(C)cc2)oc1C.CCCCC(=O)CSCc1nc(-c2ccc(C)cc2)oc1C.CCCCC(=O)CSCc1nc(-c2ccc(CC)cc2)oc1C.Cc1ccc(-c2nc(CSCC(=O)CCCc3ccccc3)c(C)o2)cc1. The lowest BCUT2D eigenvalue weighted by molar-refractivity contribution is -0.117. The van der Waals surface area contributed by atoms with E-state index in [2.05, 4.69) is 141 Å². The van der Waals surface area contributed by atoms with Gasteiger partial charge in [0, 0.05) is 70.9 Å². The number of carbonyl (C=O) groups excluding carboxylic acids is 4. The zero-order valence-electron chi connectivity index (χ0n) is 57.2. The number of aromatic nitrogens is 4. The molecular formula is C78H96N4O8S4. The number of ketones is 4. The summed E-state index contributed by atoms with van der Waals surface area (Å²) < 4.78 is 23.1. The summed E-state index contributed by atoms with van der Waals surface area (Å²) in [5.74, 6) is 12.3. The maximum atomic E-state index is 12.1. The molecule has 0 spiro atoms. The molecule has 16 heteroatoms. The van der Waals surface area contributed by atoms with Gasteiger partial charge >= 0.3 is 0 Å². The lowest BCUT2D eigenvalue weighted by Gasteiger charge is -2.02. The van der Waals surface area contributed by atoms with Crippen LogP contribution in [-0.2, 0) is 55.0 Å². The van der Waals surface area contributed by atoms with E-state index < -0.39 is 0 Å². The van der Waals surface area contributed by atoms with E-state index >= 15 is 0 Å². The molecule has 0 bridgehead atoms. The Kier molecular flexibility index (Phi) is 33.8. The normalized spacial score (nSPS) is 10.9. The van der Waals surface area contributed by atoms with Gasteiger partial charge in [0.25, 0.3) is 0 Å². The Hall–Kier alpha value is -6.98. The molecular weight excluding hydrogens is 1250 g/mol. The van der Waals surface area contributed by atoms with Gasteiger partial charge in [0.15, 0.2) is 0 Å². The van der Waals surface area contributed by atoms with Crippen molar-refractivity contribution in [3.63, 3.8) is 0 Å². The van der Waals surface area contributed by atoms with Crippen LogP contribution in [0.3, 0.4) is 0 Å². The highest BCUT2D eigenvalue weighted by Gasteiger charge is 2.17. The van der Waals surface area contributed by atoms with E-state index in [-0.39, 0.29) is 0 Å². The number of carbonyl (C=O) groups is 4. The molecule has 0 aliphatic carbocycles. The predicted octanol–water partition coefficient (Wildman–Crippen LogP) is 20.9. The highest BCUT2D eigenvalue weighted by Crippen LogP contribution is 2.29. The smallest absolute Gasteiger partial charge is 0.226 e. The number of thioether (sulfide) groups is 4. The van der Waals surface area contributed by atoms with Gasteiger partial charge in [-0.1, -0.05) is 143 Å². The van der Waals surface area contributed by atoms with Crippen molar-refractivity contribution in [3.05, 3.63) is 201 Å². The van der Waals surface area contributed by atoms with Gasteiger partial charge in [0.05, 0.1) is 45.8 Å². The van der Waals surface area contributed by atoms with E-state index in [0.717, 1.165) is 143 Å². The van der Waals surface area contributed by atoms with Crippen LogP contribution in [0.5, 0.6) is 0 Å². The molecule has 0 N–H and O–H groups in total. The topological polar surface area (TPSA) is 172 Å². The molecule has 0 atom stereocenters. The van der Waals surface area contributed by atoms with Crippen molar-refractivity contribution in [1.82, 2.24) is 19.9 Å². The van der Waals surface area contributed by atoms with Crippen LogP contribution in [0.1, 0.15) is 172 Å². The molecule has 0 aliphatic rings. The van der Waals surface area contributed by atoms with Gasteiger partial charge in [-0.3, -0.25) is 19.2 Å². The van der Waals surface area contributed by atoms with Crippen LogP contribution in [0, 0.1) is 48.5 Å². The molecule has 9 rings (SSSR count). The Morgan fingerprint density at radius 3 is 0.862 bits per heavy atom. The third kappa shape index (κ3) is 27.0. The van der Waals surface area contributed by atoms with E-state index in [1.165, 1.54) is 27.8 Å². The van der Waals surface area contributed by atoms with Crippen molar-refractivity contribution in [3.8, 4) is 45.8 Å². The number of hydrogen-bond donors (Lipinski definition) is 0. The third-order valence-electron chi connectivity index (χ3n) is 15.3. The molecule has 0 saturated heterocycles. The summed E-state index contributed by atoms with van der Waals surface area (Å²) in [5, 5.41) is 0. The summed E-state index contributed by atoms with van der Waals surface area (Å²) in [6, 6.07) is 43.1. The van der Waals surface area contributed by atoms with Gasteiger partial charge in [-0.25, -0.2) is 19.9 Å². The molecule has 0 saturated carbocycles. The summed E-state index contributed by atoms with van der Waals surface area (Å²) in [5.41, 5.74) is 13.9. The van der Waals surface area contributed by atoms with Crippen molar-refractivity contribution in [1.29, 1.82) is 0 Å². The van der Waals surface area contributed by atoms with Gasteiger partial charge in [-0.05, 0) is 147 Å². The number of Topliss-reactive ketones (excluding diaryl/α,β-unsaturated/α-hetero) is 4. The Morgan fingerprint density at radius 1 is 0.330 bits per heavy atom. The Morgan fingerprint density at radius 2 is 0.596 bits per heavy atom. The number of benzene rings is 5. The van der Waals surface area contributed by atoms with Crippen LogP contribution >= 0.6 is 47.0 Å². The minimum absolute atomic E-state index is 0.302. The quantitative estimate of drug-likeness (QED) is 0.0372. The van der Waals surface area contributed by atoms with Gasteiger partial charge < -0.3 is 17.7 Å². The second-order valence-corrected chi connectivity index (χ2v) is 27.5. The van der Waals surface area contributed by atoms with Crippen LogP contribution in [-0.4, -0.2) is 66.1 Å². The first kappa shape index (κ1) is 76.0. The largest absolute Gasteiger partial charge is 0.441 e. The first-order valence-corrected chi connectivity index (χ1v) is 37.6. The molecule has 9 aromatic rings. The average Bonchev–Trinajstić information content (AvgIpc) is 1.74. The highest BCUT2D eigenvalue weighted by atomic mass is 32.2. The highest BCUT2D eigenvalue weighted by molar-refractivity contribution is 7.99. The fourth-order valence-corrected chi connectivity index (χ4v) is 13.0. The van der Waals surface area contributed by atoms with Crippen molar-refractivity contribution in [2.75, 3.05) is 23.0 Å². The Labute approximate surface area is 575 Å². The molecule has 5 aromatic carbocycles. The van der Waals surface area contributed by atoms with E-state index in [4.69, 9.17) is 17.7 Å².